The Bertz CT molecular complexity index is 80.1. The van der Waals surface area contributed by atoms with E-state index in [0.717, 1.165) is 18.9 Å². The summed E-state index contributed by atoms with van der Waals surface area (Å²) < 4.78 is 0. The molecule has 0 aromatic heterocycles. The lowest BCUT2D eigenvalue weighted by Gasteiger charge is -2.38. The van der Waals surface area contributed by atoms with Crippen LogP contribution in [0.1, 0.15) is 19.8 Å². The molecule has 0 aromatic rings. The molecule has 7 heavy (non-hydrogen) atoms. The fourth-order valence-electron chi connectivity index (χ4n) is 0.631. The molecular formula is C5H10NO. The third-order valence-corrected chi connectivity index (χ3v) is 1.57. The summed E-state index contributed by atoms with van der Waals surface area (Å²) in [4.78, 5) is 0. The number of aliphatic hydroxyl groups is 1. The van der Waals surface area contributed by atoms with Crippen LogP contribution in [0.5, 0.6) is 0 Å². The third kappa shape index (κ3) is 0.640. The maximum Gasteiger partial charge on any atom is 0.0818 e. The van der Waals surface area contributed by atoms with Crippen LogP contribution in [0.3, 0.4) is 0 Å². The van der Waals surface area contributed by atoms with Crippen molar-refractivity contribution in [2.45, 2.75) is 25.4 Å². The van der Waals surface area contributed by atoms with E-state index in [4.69, 9.17) is 10.8 Å². The summed E-state index contributed by atoms with van der Waals surface area (Å²) >= 11 is 0. The van der Waals surface area contributed by atoms with Crippen molar-refractivity contribution < 1.29 is 5.11 Å². The molecule has 0 aliphatic heterocycles. The SMILES string of the molecule is CC1(O)CC[C]1N. The van der Waals surface area contributed by atoms with Gasteiger partial charge >= 0.3 is 0 Å². The smallest absolute Gasteiger partial charge is 0.0818 e. The maximum absolute atomic E-state index is 9.02. The highest BCUT2D eigenvalue weighted by Gasteiger charge is 2.38. The second kappa shape index (κ2) is 1.20. The lowest BCUT2D eigenvalue weighted by molar-refractivity contribution is 0.0108. The molecule has 2 nitrogen and oxygen atoms in total. The molecule has 1 aliphatic rings. The van der Waals surface area contributed by atoms with Gasteiger partial charge in [-0.2, -0.15) is 0 Å². The van der Waals surface area contributed by atoms with Crippen molar-refractivity contribution in [3.05, 3.63) is 6.04 Å². The lowest BCUT2D eigenvalue weighted by atomic mass is 9.77. The molecule has 0 heterocycles. The molecular weight excluding hydrogens is 90.1 g/mol. The van der Waals surface area contributed by atoms with Gasteiger partial charge < -0.3 is 10.8 Å². The van der Waals surface area contributed by atoms with Gasteiger partial charge in [0.25, 0.3) is 0 Å². The minimum Gasteiger partial charge on any atom is -0.388 e. The predicted molar refractivity (Wildman–Crippen MR) is 27.3 cm³/mol. The minimum atomic E-state index is -0.625. The van der Waals surface area contributed by atoms with E-state index in [0.29, 0.717) is 0 Å². The largest absolute Gasteiger partial charge is 0.388 e. The maximum atomic E-state index is 9.02. The summed E-state index contributed by atoms with van der Waals surface area (Å²) in [6.07, 6.45) is 1.73. The molecule has 1 atom stereocenters. The highest BCUT2D eigenvalue weighted by atomic mass is 16.3. The van der Waals surface area contributed by atoms with Crippen LogP contribution < -0.4 is 5.73 Å². The Kier molecular flexibility index (Phi) is 0.869. The van der Waals surface area contributed by atoms with Crippen LogP contribution in [0.25, 0.3) is 0 Å². The van der Waals surface area contributed by atoms with E-state index in [2.05, 4.69) is 0 Å². The molecule has 2 heteroatoms. The topological polar surface area (TPSA) is 46.2 Å². The first-order valence-electron chi connectivity index (χ1n) is 2.47. The summed E-state index contributed by atoms with van der Waals surface area (Å²) in [5.41, 5.74) is 4.70. The molecule has 0 bridgehead atoms. The second-order valence-corrected chi connectivity index (χ2v) is 2.30. The fraction of sp³-hybridized carbons (Fsp3) is 0.800. The van der Waals surface area contributed by atoms with Crippen molar-refractivity contribution in [2.24, 2.45) is 5.73 Å². The van der Waals surface area contributed by atoms with Crippen LogP contribution in [0.15, 0.2) is 0 Å². The normalized spacial score (nSPS) is 43.3. The van der Waals surface area contributed by atoms with Crippen LogP contribution in [0, 0.1) is 6.04 Å². The molecule has 1 aliphatic carbocycles. The van der Waals surface area contributed by atoms with Gasteiger partial charge in [-0.1, -0.05) is 0 Å². The zero-order chi connectivity index (χ0) is 5.49. The van der Waals surface area contributed by atoms with Crippen molar-refractivity contribution in [2.75, 3.05) is 0 Å². The van der Waals surface area contributed by atoms with Crippen LogP contribution in [-0.2, 0) is 0 Å². The average molecular weight is 100 g/mol. The molecule has 1 unspecified atom stereocenters. The summed E-state index contributed by atoms with van der Waals surface area (Å²) in [5, 5.41) is 9.02. The molecule has 0 saturated heterocycles. The van der Waals surface area contributed by atoms with Crippen molar-refractivity contribution in [3.63, 3.8) is 0 Å². The van der Waals surface area contributed by atoms with Gasteiger partial charge in [0.2, 0.25) is 0 Å². The molecule has 0 amide bonds. The van der Waals surface area contributed by atoms with E-state index in [9.17, 15) is 0 Å². The van der Waals surface area contributed by atoms with Gasteiger partial charge in [0, 0.05) is 0 Å². The van der Waals surface area contributed by atoms with Gasteiger partial charge in [0.1, 0.15) is 0 Å². The minimum absolute atomic E-state index is 0.625. The van der Waals surface area contributed by atoms with E-state index in [1.165, 1.54) is 0 Å². The van der Waals surface area contributed by atoms with Crippen molar-refractivity contribution in [1.82, 2.24) is 0 Å². The fourth-order valence-corrected chi connectivity index (χ4v) is 0.631. The molecule has 1 saturated carbocycles. The first kappa shape index (κ1) is 5.06. The predicted octanol–water partition coefficient (Wildman–Crippen LogP) is 0.0219. The summed E-state index contributed by atoms with van der Waals surface area (Å²) in [7, 11) is 0. The quantitative estimate of drug-likeness (QED) is 0.451. The first-order chi connectivity index (χ1) is 3.13. The molecule has 1 fully saturated rings. The van der Waals surface area contributed by atoms with E-state index in [1.54, 1.807) is 6.92 Å². The molecule has 3 N–H and O–H groups in total. The van der Waals surface area contributed by atoms with Crippen molar-refractivity contribution in [1.29, 1.82) is 0 Å². The van der Waals surface area contributed by atoms with Crippen molar-refractivity contribution >= 4 is 0 Å². The zero-order valence-corrected chi connectivity index (χ0v) is 4.44. The second-order valence-electron chi connectivity index (χ2n) is 2.30. The van der Waals surface area contributed by atoms with Crippen LogP contribution >= 0.6 is 0 Å². The first-order valence-corrected chi connectivity index (χ1v) is 2.47. The van der Waals surface area contributed by atoms with Crippen LogP contribution in [-0.4, -0.2) is 10.7 Å². The Balaban J connectivity index is 2.43. The molecule has 41 valence electrons. The van der Waals surface area contributed by atoms with Crippen LogP contribution in [0.4, 0.5) is 0 Å². The van der Waals surface area contributed by atoms with Gasteiger partial charge in [0.05, 0.1) is 11.6 Å². The Morgan fingerprint density at radius 3 is 2.29 bits per heavy atom. The van der Waals surface area contributed by atoms with E-state index < -0.39 is 5.60 Å². The van der Waals surface area contributed by atoms with Gasteiger partial charge in [0.15, 0.2) is 0 Å². The van der Waals surface area contributed by atoms with Crippen LogP contribution in [0.2, 0.25) is 0 Å². The number of hydrogen-bond donors (Lipinski definition) is 2. The molecule has 0 spiro atoms. The molecule has 1 radical (unpaired) electrons. The highest BCUT2D eigenvalue weighted by molar-refractivity contribution is 5.11. The van der Waals surface area contributed by atoms with Gasteiger partial charge in [-0.3, -0.25) is 0 Å². The van der Waals surface area contributed by atoms with Gasteiger partial charge in [-0.15, -0.1) is 0 Å². The molecule has 1 rings (SSSR count). The summed E-state index contributed by atoms with van der Waals surface area (Å²) in [5.74, 6) is 0. The number of nitrogens with two attached hydrogens (primary N) is 1. The van der Waals surface area contributed by atoms with E-state index in [1.807, 2.05) is 0 Å². The Labute approximate surface area is 43.3 Å². The zero-order valence-electron chi connectivity index (χ0n) is 4.44. The molecule has 0 aromatic carbocycles. The van der Waals surface area contributed by atoms with Gasteiger partial charge in [-0.05, 0) is 19.8 Å². The average Bonchev–Trinajstić information content (AvgIpc) is 1.63. The Hall–Kier alpha value is -0.0800. The third-order valence-electron chi connectivity index (χ3n) is 1.57. The lowest BCUT2D eigenvalue weighted by Crippen LogP contribution is -2.47. The monoisotopic (exact) mass is 100 g/mol. The number of rotatable bonds is 0. The highest BCUT2D eigenvalue weighted by Crippen LogP contribution is 2.35. The van der Waals surface area contributed by atoms with Gasteiger partial charge in [-0.25, -0.2) is 0 Å². The summed E-state index contributed by atoms with van der Waals surface area (Å²) in [6, 6.07) is 0.729. The van der Waals surface area contributed by atoms with E-state index in [-0.39, 0.29) is 0 Å². The Morgan fingerprint density at radius 1 is 1.86 bits per heavy atom. The van der Waals surface area contributed by atoms with Crippen molar-refractivity contribution in [3.8, 4) is 0 Å². The van der Waals surface area contributed by atoms with E-state index >= 15 is 0 Å². The summed E-state index contributed by atoms with van der Waals surface area (Å²) in [6.45, 7) is 1.74. The Morgan fingerprint density at radius 2 is 2.29 bits per heavy atom. The standard InChI is InChI=1S/C5H10NO/c1-5(7)3-2-4(5)6/h7H,2-3,6H2,1H3. The number of hydrogen-bond acceptors (Lipinski definition) is 2.